The van der Waals surface area contributed by atoms with Crippen LogP contribution in [0.4, 0.5) is 11.4 Å². The molecule has 0 aliphatic carbocycles. The number of ether oxygens (including phenoxy) is 2. The van der Waals surface area contributed by atoms with Crippen molar-refractivity contribution < 1.29 is 19.1 Å². The van der Waals surface area contributed by atoms with Crippen molar-refractivity contribution in [2.24, 2.45) is 0 Å². The highest BCUT2D eigenvalue weighted by Gasteiger charge is 2.41. The SMILES string of the molecule is CCOc1ccccc1N1C(=O)C(Nc2cc(C)ccc2OC)=C(c2ccc(C)cc2)C1=O. The van der Waals surface area contributed by atoms with Crippen molar-refractivity contribution in [3.05, 3.63) is 89.1 Å². The fraction of sp³-hybridized carbons (Fsp3) is 0.185. The Bertz CT molecular complexity index is 1250. The molecule has 6 nitrogen and oxygen atoms in total. The number of carbonyl (C=O) groups excluding carboxylic acids is 2. The Morgan fingerprint density at radius 1 is 0.848 bits per heavy atom. The van der Waals surface area contributed by atoms with Gasteiger partial charge in [0.15, 0.2) is 0 Å². The summed E-state index contributed by atoms with van der Waals surface area (Å²) in [5, 5.41) is 3.20. The van der Waals surface area contributed by atoms with Crippen LogP contribution in [0.5, 0.6) is 11.5 Å². The molecule has 1 aliphatic rings. The number of rotatable bonds is 7. The van der Waals surface area contributed by atoms with E-state index in [0.717, 1.165) is 11.1 Å². The van der Waals surface area contributed by atoms with Gasteiger partial charge in [-0.1, -0.05) is 48.0 Å². The Morgan fingerprint density at radius 2 is 1.55 bits per heavy atom. The summed E-state index contributed by atoms with van der Waals surface area (Å²) >= 11 is 0. The maximum absolute atomic E-state index is 13.7. The van der Waals surface area contributed by atoms with Crippen molar-refractivity contribution in [3.8, 4) is 11.5 Å². The van der Waals surface area contributed by atoms with Gasteiger partial charge < -0.3 is 14.8 Å². The molecular weight excluding hydrogens is 416 g/mol. The van der Waals surface area contributed by atoms with Gasteiger partial charge in [-0.25, -0.2) is 4.90 Å². The van der Waals surface area contributed by atoms with E-state index in [1.165, 1.54) is 4.90 Å². The summed E-state index contributed by atoms with van der Waals surface area (Å²) in [6, 6.07) is 20.2. The standard InChI is InChI=1S/C27H26N2O4/c1-5-33-23-9-7-6-8-21(23)29-26(30)24(19-13-10-17(2)11-14-19)25(27(29)31)28-20-16-18(3)12-15-22(20)32-4/h6-16,28H,5H2,1-4H3. The quantitative estimate of drug-likeness (QED) is 0.515. The number of amides is 2. The Labute approximate surface area is 193 Å². The average Bonchev–Trinajstić information content (AvgIpc) is 3.04. The molecule has 1 aliphatic heterocycles. The highest BCUT2D eigenvalue weighted by Crippen LogP contribution is 2.39. The molecule has 0 unspecified atom stereocenters. The number of imide groups is 1. The summed E-state index contributed by atoms with van der Waals surface area (Å²) in [5.41, 5.74) is 4.22. The van der Waals surface area contributed by atoms with Gasteiger partial charge in [-0.15, -0.1) is 0 Å². The van der Waals surface area contributed by atoms with Crippen LogP contribution < -0.4 is 19.7 Å². The molecule has 0 spiro atoms. The van der Waals surface area contributed by atoms with Crippen molar-refractivity contribution in [2.45, 2.75) is 20.8 Å². The molecule has 168 valence electrons. The van der Waals surface area contributed by atoms with E-state index in [9.17, 15) is 9.59 Å². The summed E-state index contributed by atoms with van der Waals surface area (Å²) in [7, 11) is 1.57. The van der Waals surface area contributed by atoms with Crippen LogP contribution >= 0.6 is 0 Å². The zero-order valence-electron chi connectivity index (χ0n) is 19.1. The number of aryl methyl sites for hydroxylation is 2. The maximum Gasteiger partial charge on any atom is 0.282 e. The monoisotopic (exact) mass is 442 g/mol. The van der Waals surface area contributed by atoms with Crippen LogP contribution in [0, 0.1) is 13.8 Å². The van der Waals surface area contributed by atoms with Crippen LogP contribution in [0.15, 0.2) is 72.4 Å². The second-order valence-corrected chi connectivity index (χ2v) is 7.79. The molecule has 0 radical (unpaired) electrons. The first-order valence-corrected chi connectivity index (χ1v) is 10.8. The molecule has 2 amide bonds. The van der Waals surface area contributed by atoms with Crippen LogP contribution in [0.25, 0.3) is 5.57 Å². The largest absolute Gasteiger partial charge is 0.495 e. The van der Waals surface area contributed by atoms with Gasteiger partial charge >= 0.3 is 0 Å². The summed E-state index contributed by atoms with van der Waals surface area (Å²) in [5.74, 6) is 0.181. The van der Waals surface area contributed by atoms with Crippen molar-refractivity contribution in [2.75, 3.05) is 23.9 Å². The van der Waals surface area contributed by atoms with Gasteiger partial charge in [-0.2, -0.15) is 0 Å². The number of anilines is 2. The summed E-state index contributed by atoms with van der Waals surface area (Å²) in [6.07, 6.45) is 0. The van der Waals surface area contributed by atoms with E-state index in [4.69, 9.17) is 9.47 Å². The molecule has 0 aromatic heterocycles. The Morgan fingerprint density at radius 3 is 2.24 bits per heavy atom. The van der Waals surface area contributed by atoms with Gasteiger partial charge in [0.25, 0.3) is 11.8 Å². The molecule has 0 atom stereocenters. The number of hydrogen-bond donors (Lipinski definition) is 1. The topological polar surface area (TPSA) is 67.9 Å². The first-order chi connectivity index (χ1) is 15.9. The molecular formula is C27H26N2O4. The first-order valence-electron chi connectivity index (χ1n) is 10.8. The highest BCUT2D eigenvalue weighted by molar-refractivity contribution is 6.46. The van der Waals surface area contributed by atoms with Gasteiger partial charge in [-0.3, -0.25) is 9.59 Å². The maximum atomic E-state index is 13.7. The highest BCUT2D eigenvalue weighted by atomic mass is 16.5. The Kier molecular flexibility index (Phi) is 6.18. The third-order valence-electron chi connectivity index (χ3n) is 5.44. The van der Waals surface area contributed by atoms with Gasteiger partial charge in [0.1, 0.15) is 17.2 Å². The van der Waals surface area contributed by atoms with E-state index in [2.05, 4.69) is 5.32 Å². The zero-order valence-corrected chi connectivity index (χ0v) is 19.1. The lowest BCUT2D eigenvalue weighted by Crippen LogP contribution is -2.32. The number of hydrogen-bond acceptors (Lipinski definition) is 5. The molecule has 0 fully saturated rings. The molecule has 33 heavy (non-hydrogen) atoms. The molecule has 1 heterocycles. The lowest BCUT2D eigenvalue weighted by molar-refractivity contribution is -0.120. The third kappa shape index (κ3) is 4.20. The lowest BCUT2D eigenvalue weighted by Gasteiger charge is -2.19. The summed E-state index contributed by atoms with van der Waals surface area (Å²) < 4.78 is 11.2. The van der Waals surface area contributed by atoms with Gasteiger partial charge in [0, 0.05) is 0 Å². The van der Waals surface area contributed by atoms with Crippen LogP contribution in [0.1, 0.15) is 23.6 Å². The number of para-hydroxylation sites is 2. The zero-order chi connectivity index (χ0) is 23.5. The number of nitrogens with one attached hydrogen (secondary N) is 1. The molecule has 0 saturated carbocycles. The molecule has 6 heteroatoms. The van der Waals surface area contributed by atoms with Gasteiger partial charge in [-0.05, 0) is 56.2 Å². The number of benzene rings is 3. The van der Waals surface area contributed by atoms with Crippen LogP contribution in [-0.4, -0.2) is 25.5 Å². The van der Waals surface area contributed by atoms with Crippen LogP contribution in [-0.2, 0) is 9.59 Å². The van der Waals surface area contributed by atoms with E-state index < -0.39 is 11.8 Å². The predicted octanol–water partition coefficient (Wildman–Crippen LogP) is 5.11. The lowest BCUT2D eigenvalue weighted by atomic mass is 10.0. The van der Waals surface area contributed by atoms with Crippen molar-refractivity contribution in [1.29, 1.82) is 0 Å². The molecule has 3 aromatic carbocycles. The van der Waals surface area contributed by atoms with Crippen molar-refractivity contribution in [3.63, 3.8) is 0 Å². The van der Waals surface area contributed by atoms with Crippen molar-refractivity contribution >= 4 is 28.8 Å². The van der Waals surface area contributed by atoms with E-state index >= 15 is 0 Å². The molecule has 1 N–H and O–H groups in total. The average molecular weight is 443 g/mol. The smallest absolute Gasteiger partial charge is 0.282 e. The van der Waals surface area contributed by atoms with E-state index in [1.54, 1.807) is 25.3 Å². The van der Waals surface area contributed by atoms with Crippen LogP contribution in [0.2, 0.25) is 0 Å². The molecule has 0 saturated heterocycles. The second kappa shape index (κ2) is 9.20. The summed E-state index contributed by atoms with van der Waals surface area (Å²) in [6.45, 7) is 6.20. The second-order valence-electron chi connectivity index (χ2n) is 7.79. The fourth-order valence-corrected chi connectivity index (χ4v) is 3.83. The number of nitrogens with zero attached hydrogens (tertiary/aromatic N) is 1. The molecule has 3 aromatic rings. The van der Waals surface area contributed by atoms with Crippen LogP contribution in [0.3, 0.4) is 0 Å². The minimum Gasteiger partial charge on any atom is -0.495 e. The minimum atomic E-state index is -0.453. The minimum absolute atomic E-state index is 0.194. The Balaban J connectivity index is 1.86. The molecule has 4 rings (SSSR count). The van der Waals surface area contributed by atoms with Gasteiger partial charge in [0.05, 0.1) is 30.7 Å². The van der Waals surface area contributed by atoms with Crippen molar-refractivity contribution in [1.82, 2.24) is 0 Å². The fourth-order valence-electron chi connectivity index (χ4n) is 3.83. The molecule has 0 bridgehead atoms. The predicted molar refractivity (Wildman–Crippen MR) is 130 cm³/mol. The van der Waals surface area contributed by atoms with E-state index in [1.807, 2.05) is 69.3 Å². The van der Waals surface area contributed by atoms with E-state index in [-0.39, 0.29) is 5.70 Å². The first kappa shape index (κ1) is 22.1. The Hall–Kier alpha value is -4.06. The summed E-state index contributed by atoms with van der Waals surface area (Å²) in [4.78, 5) is 28.6. The van der Waals surface area contributed by atoms with Gasteiger partial charge in [0.2, 0.25) is 0 Å². The number of carbonyl (C=O) groups is 2. The number of methoxy groups -OCH3 is 1. The van der Waals surface area contributed by atoms with E-state index in [0.29, 0.717) is 40.6 Å². The normalized spacial score (nSPS) is 13.5. The third-order valence-corrected chi connectivity index (χ3v) is 5.44.